The van der Waals surface area contributed by atoms with Crippen molar-refractivity contribution in [3.05, 3.63) is 70.4 Å². The van der Waals surface area contributed by atoms with Gasteiger partial charge in [-0.25, -0.2) is 0 Å². The second-order valence-electron chi connectivity index (χ2n) is 14.9. The number of rotatable bonds is 17. The number of aryl methyl sites for hydroxylation is 2. The van der Waals surface area contributed by atoms with Gasteiger partial charge in [-0.2, -0.15) is 17.5 Å². The maximum atomic E-state index is 5.26. The van der Waals surface area contributed by atoms with Crippen molar-refractivity contribution >= 4 is 68.2 Å². The molecule has 6 aromatic rings. The Labute approximate surface area is 329 Å². The number of nitrogens with zero attached hydrogens (tertiary/aromatic N) is 6. The normalized spacial score (nSPS) is 13.8. The van der Waals surface area contributed by atoms with Gasteiger partial charge in [0.2, 0.25) is 0 Å². The Balaban J connectivity index is 1.17. The van der Waals surface area contributed by atoms with E-state index in [-0.39, 0.29) is 5.41 Å². The minimum absolute atomic E-state index is 0.0604. The van der Waals surface area contributed by atoms with Crippen LogP contribution in [0.4, 0.5) is 11.4 Å². The van der Waals surface area contributed by atoms with E-state index in [2.05, 4.69) is 70.3 Å². The molecule has 8 rings (SSSR count). The van der Waals surface area contributed by atoms with Gasteiger partial charge in [0.15, 0.2) is 0 Å². The van der Waals surface area contributed by atoms with Crippen LogP contribution in [0.25, 0.3) is 53.7 Å². The van der Waals surface area contributed by atoms with Crippen molar-refractivity contribution in [2.45, 2.75) is 123 Å². The number of hydrogen-bond donors (Lipinski definition) is 0. The molecule has 0 atom stereocenters. The standard InChI is InChI=1S/C43H48N6S4/c1-5-7-9-11-13-15-21-43(22-16-14-12-10-8-6-2)30-23-27(3)25-44-37(30)38-31(43)24-29(26-45-38)32-19-20-34(51-32)36-41-39(46-52-48-41)35(33-18-17-28(4)50-33)40-42(36)49-53-47-40/h17-20,23-26H,5-16,21-22H2,1-4H3. The Bertz CT molecular complexity index is 2310. The van der Waals surface area contributed by atoms with Crippen molar-refractivity contribution in [1.29, 1.82) is 0 Å². The van der Waals surface area contributed by atoms with Gasteiger partial charge in [-0.15, -0.1) is 22.7 Å². The summed E-state index contributed by atoms with van der Waals surface area (Å²) in [5.74, 6) is 0. The predicted molar refractivity (Wildman–Crippen MR) is 228 cm³/mol. The highest BCUT2D eigenvalue weighted by atomic mass is 32.1. The van der Waals surface area contributed by atoms with E-state index in [1.807, 2.05) is 6.20 Å². The number of unbranched alkanes of at least 4 members (excludes halogenated alkanes) is 10. The van der Waals surface area contributed by atoms with Gasteiger partial charge in [0.1, 0.15) is 22.4 Å². The monoisotopic (exact) mass is 776 g/mol. The summed E-state index contributed by atoms with van der Waals surface area (Å²) in [6.45, 7) is 8.93. The van der Waals surface area contributed by atoms with Gasteiger partial charge in [0.05, 0.1) is 34.5 Å². The summed E-state index contributed by atoms with van der Waals surface area (Å²) in [5.41, 5.74) is 13.0. The Morgan fingerprint density at radius 2 is 1.13 bits per heavy atom. The molecule has 6 heterocycles. The van der Waals surface area contributed by atoms with Gasteiger partial charge >= 0.3 is 0 Å². The van der Waals surface area contributed by atoms with Crippen LogP contribution in [-0.2, 0) is 16.8 Å². The van der Waals surface area contributed by atoms with E-state index in [4.69, 9.17) is 27.4 Å². The first kappa shape index (κ1) is 36.5. The molecule has 5 aromatic heterocycles. The van der Waals surface area contributed by atoms with Crippen molar-refractivity contribution in [2.75, 3.05) is 0 Å². The molecule has 6 nitrogen and oxygen atoms in total. The SMILES string of the molecule is CCCCCCCCC1(CCCCCCCC)c2cc(C)cnc2-c2ncc(-c3ccc(-c4c5c(c(-c6ccc(C)s6)c6nsnc46)N=S=N5)s3)cc21. The Morgan fingerprint density at radius 1 is 0.585 bits per heavy atom. The summed E-state index contributed by atoms with van der Waals surface area (Å²) in [7, 11) is 0. The van der Waals surface area contributed by atoms with Gasteiger partial charge < -0.3 is 0 Å². The van der Waals surface area contributed by atoms with E-state index in [1.54, 1.807) is 22.7 Å². The van der Waals surface area contributed by atoms with Crippen molar-refractivity contribution in [2.24, 2.45) is 8.73 Å². The highest BCUT2D eigenvalue weighted by molar-refractivity contribution is 7.58. The summed E-state index contributed by atoms with van der Waals surface area (Å²) in [6.07, 6.45) is 22.0. The Morgan fingerprint density at radius 3 is 1.75 bits per heavy atom. The largest absolute Gasteiger partial charge is 0.254 e. The molecule has 0 unspecified atom stereocenters. The van der Waals surface area contributed by atoms with Crippen LogP contribution in [0.15, 0.2) is 57.5 Å². The fourth-order valence-corrected chi connectivity index (χ4v) is 11.5. The zero-order chi connectivity index (χ0) is 36.4. The number of fused-ring (bicyclic) bond motifs is 5. The van der Waals surface area contributed by atoms with Crippen molar-refractivity contribution in [3.8, 4) is 42.7 Å². The summed E-state index contributed by atoms with van der Waals surface area (Å²) in [5, 5.41) is 0. The van der Waals surface area contributed by atoms with Crippen molar-refractivity contribution in [3.63, 3.8) is 0 Å². The molecule has 0 N–H and O–H groups in total. The Hall–Kier alpha value is -3.44. The van der Waals surface area contributed by atoms with Crippen LogP contribution in [0.3, 0.4) is 0 Å². The van der Waals surface area contributed by atoms with Crippen molar-refractivity contribution < 1.29 is 0 Å². The minimum Gasteiger partial charge on any atom is -0.254 e. The minimum atomic E-state index is -0.0604. The molecule has 10 heteroatoms. The highest BCUT2D eigenvalue weighted by Gasteiger charge is 2.44. The third kappa shape index (κ3) is 7.01. The van der Waals surface area contributed by atoms with Gasteiger partial charge in [-0.3, -0.25) is 9.97 Å². The third-order valence-corrected chi connectivity index (χ3v) is 14.4. The van der Waals surface area contributed by atoms with E-state index in [0.717, 1.165) is 67.5 Å². The van der Waals surface area contributed by atoms with Gasteiger partial charge in [0.25, 0.3) is 0 Å². The average molecular weight is 777 g/mol. The molecule has 0 saturated heterocycles. The molecule has 0 radical (unpaired) electrons. The maximum absolute atomic E-state index is 5.26. The fourth-order valence-electron chi connectivity index (χ4n) is 8.42. The number of benzene rings is 1. The van der Waals surface area contributed by atoms with E-state index >= 15 is 0 Å². The molecule has 1 aromatic carbocycles. The molecule has 0 spiro atoms. The lowest BCUT2D eigenvalue weighted by molar-refractivity contribution is 0.397. The molecule has 0 fully saturated rings. The van der Waals surface area contributed by atoms with Crippen LogP contribution in [-0.4, -0.2) is 18.7 Å². The summed E-state index contributed by atoms with van der Waals surface area (Å²) in [6, 6.07) is 13.7. The first-order valence-electron chi connectivity index (χ1n) is 19.6. The first-order valence-corrected chi connectivity index (χ1v) is 22.7. The summed E-state index contributed by atoms with van der Waals surface area (Å²) >= 11 is 6.10. The highest BCUT2D eigenvalue weighted by Crippen LogP contribution is 2.56. The third-order valence-electron chi connectivity index (χ3n) is 11.1. The fraction of sp³-hybridized carbons (Fsp3) is 0.442. The number of pyridine rings is 2. The molecule has 53 heavy (non-hydrogen) atoms. The van der Waals surface area contributed by atoms with Crippen LogP contribution in [0.5, 0.6) is 0 Å². The molecule has 1 aliphatic heterocycles. The molecule has 0 amide bonds. The number of thiophene rings is 2. The summed E-state index contributed by atoms with van der Waals surface area (Å²) in [4.78, 5) is 15.1. The lowest BCUT2D eigenvalue weighted by Gasteiger charge is -2.32. The van der Waals surface area contributed by atoms with Gasteiger partial charge in [-0.05, 0) is 73.7 Å². The van der Waals surface area contributed by atoms with E-state index in [9.17, 15) is 0 Å². The van der Waals surface area contributed by atoms with Crippen LogP contribution in [0.1, 0.15) is 125 Å². The smallest absolute Gasteiger partial charge is 0.116 e. The van der Waals surface area contributed by atoms with Crippen molar-refractivity contribution in [1.82, 2.24) is 18.7 Å². The van der Waals surface area contributed by atoms with Crippen LogP contribution in [0, 0.1) is 13.8 Å². The van der Waals surface area contributed by atoms with Gasteiger partial charge in [0, 0.05) is 54.0 Å². The lowest BCUT2D eigenvalue weighted by Crippen LogP contribution is -2.26. The first-order chi connectivity index (χ1) is 26.0. The molecular formula is C43H48N6S4. The second-order valence-corrected chi connectivity index (χ2v) is 18.3. The molecule has 274 valence electrons. The van der Waals surface area contributed by atoms with Crippen LogP contribution in [0.2, 0.25) is 0 Å². The van der Waals surface area contributed by atoms with E-state index in [1.165, 1.54) is 132 Å². The van der Waals surface area contributed by atoms with Gasteiger partial charge in [-0.1, -0.05) is 97.0 Å². The second kappa shape index (κ2) is 16.1. The number of aromatic nitrogens is 4. The molecule has 0 bridgehead atoms. The quantitative estimate of drug-likeness (QED) is 0.0863. The molecule has 0 saturated carbocycles. The molecular weight excluding hydrogens is 729 g/mol. The van der Waals surface area contributed by atoms with E-state index in [0.29, 0.717) is 0 Å². The van der Waals surface area contributed by atoms with Crippen LogP contribution < -0.4 is 0 Å². The van der Waals surface area contributed by atoms with Crippen LogP contribution >= 0.6 is 34.4 Å². The maximum Gasteiger partial charge on any atom is 0.116 e. The van der Waals surface area contributed by atoms with E-state index < -0.39 is 0 Å². The zero-order valence-electron chi connectivity index (χ0n) is 31.3. The number of hydrogen-bond acceptors (Lipinski definition) is 9. The zero-order valence-corrected chi connectivity index (χ0v) is 34.6. The Kier molecular flexibility index (Phi) is 11.1. The predicted octanol–water partition coefficient (Wildman–Crippen LogP) is 14.7. The topological polar surface area (TPSA) is 76.3 Å². The average Bonchev–Trinajstić information content (AvgIpc) is 4.02. The molecule has 1 aliphatic carbocycles. The lowest BCUT2D eigenvalue weighted by atomic mass is 9.70. The summed E-state index contributed by atoms with van der Waals surface area (Å²) < 4.78 is 19.4. The molecule has 2 aliphatic rings.